The monoisotopic (exact) mass is 369 g/mol. The van der Waals surface area contributed by atoms with E-state index < -0.39 is 23.7 Å². The number of nitrogens with zero attached hydrogens (tertiary/aromatic N) is 1. The molecule has 0 aromatic rings. The number of fused-ring (bicyclic) bond motifs is 2. The molecular weight excluding hydrogens is 347 g/mol. The van der Waals surface area contributed by atoms with E-state index in [4.69, 9.17) is 4.74 Å². The van der Waals surface area contributed by atoms with Gasteiger partial charge in [0.25, 0.3) is 0 Å². The van der Waals surface area contributed by atoms with Crippen LogP contribution in [0, 0.1) is 17.3 Å². The van der Waals surface area contributed by atoms with Crippen molar-refractivity contribution in [2.45, 2.75) is 50.9 Å². The summed E-state index contributed by atoms with van der Waals surface area (Å²) in [6, 6.07) is -0.676. The van der Waals surface area contributed by atoms with Crippen LogP contribution in [0.5, 0.6) is 0 Å². The summed E-state index contributed by atoms with van der Waals surface area (Å²) in [5, 5.41) is 7.11. The van der Waals surface area contributed by atoms with Crippen molar-refractivity contribution in [1.29, 1.82) is 0 Å². The van der Waals surface area contributed by atoms with Gasteiger partial charge in [0.1, 0.15) is 17.7 Å². The number of alkyl halides is 3. The molecule has 5 atom stereocenters. The Kier molecular flexibility index (Phi) is 4.13. The fourth-order valence-corrected chi connectivity index (χ4v) is 4.67. The van der Waals surface area contributed by atoms with Crippen LogP contribution in [0.4, 0.5) is 18.0 Å². The molecule has 2 N–H and O–H groups in total. The van der Waals surface area contributed by atoms with Crippen molar-refractivity contribution in [2.24, 2.45) is 22.4 Å². The highest BCUT2D eigenvalue weighted by Crippen LogP contribution is 2.48. The Labute approximate surface area is 149 Å². The predicted molar refractivity (Wildman–Crippen MR) is 89.5 cm³/mol. The van der Waals surface area contributed by atoms with Crippen molar-refractivity contribution < 1.29 is 22.7 Å². The minimum atomic E-state index is -4.42. The molecule has 1 amide bonds. The number of hydrogen-bond acceptors (Lipinski definition) is 4. The Morgan fingerprint density at radius 1 is 1.35 bits per heavy atom. The van der Waals surface area contributed by atoms with Gasteiger partial charge in [-0.1, -0.05) is 24.6 Å². The predicted octanol–water partition coefficient (Wildman–Crippen LogP) is 3.29. The van der Waals surface area contributed by atoms with Crippen LogP contribution in [0.25, 0.3) is 0 Å². The third-order valence-corrected chi connectivity index (χ3v) is 6.27. The summed E-state index contributed by atoms with van der Waals surface area (Å²) in [5.74, 6) is 1.15. The highest BCUT2D eigenvalue weighted by Gasteiger charge is 2.56. The van der Waals surface area contributed by atoms with Crippen molar-refractivity contribution >= 4 is 11.8 Å². The largest absolute Gasteiger partial charge is 0.442 e. The molecule has 8 heteroatoms. The van der Waals surface area contributed by atoms with Crippen molar-refractivity contribution in [1.82, 2.24) is 10.7 Å². The number of ether oxygens (including phenoxy) is 1. The molecule has 4 unspecified atom stereocenters. The normalized spacial score (nSPS) is 39.3. The standard InChI is InChI=1S/C18H22F3N3O2/c1-17(18(19,20)21)8-12(14-9-26-16(25)24-23-14)4-5-15(17)22-13-7-10-2-3-11(13)6-10/h4-5,8,10-11,13,15,22H,2-3,6-7,9H2,1H3,(H,24,25)/t10?,11?,13-,15?,17?/m1/s1. The van der Waals surface area contributed by atoms with Crippen molar-refractivity contribution in [3.8, 4) is 0 Å². The summed E-state index contributed by atoms with van der Waals surface area (Å²) in [7, 11) is 0. The minimum absolute atomic E-state index is 0.138. The number of hydrogen-bond donors (Lipinski definition) is 2. The van der Waals surface area contributed by atoms with Gasteiger partial charge >= 0.3 is 12.3 Å². The molecule has 2 fully saturated rings. The average Bonchev–Trinajstić information content (AvgIpc) is 3.19. The number of carbonyl (C=O) groups excluding carboxylic acids is 1. The number of hydrazone groups is 1. The summed E-state index contributed by atoms with van der Waals surface area (Å²) in [5.41, 5.74) is 0.702. The van der Waals surface area contributed by atoms with E-state index in [2.05, 4.69) is 15.8 Å². The second-order valence-corrected chi connectivity index (χ2v) is 7.91. The molecule has 5 nitrogen and oxygen atoms in total. The third kappa shape index (κ3) is 2.94. The topological polar surface area (TPSA) is 62.7 Å². The van der Waals surface area contributed by atoms with E-state index in [0.29, 0.717) is 17.4 Å². The van der Waals surface area contributed by atoms with Crippen molar-refractivity contribution in [3.05, 3.63) is 23.8 Å². The number of halogens is 3. The Hall–Kier alpha value is -1.83. The maximum absolute atomic E-state index is 14.0. The summed E-state index contributed by atoms with van der Waals surface area (Å²) in [6.07, 6.45) is 3.70. The molecule has 0 aromatic heterocycles. The second kappa shape index (κ2) is 6.11. The van der Waals surface area contributed by atoms with E-state index in [-0.39, 0.29) is 18.4 Å². The molecule has 0 aromatic carbocycles. The fraction of sp³-hybridized carbons (Fsp3) is 0.667. The highest BCUT2D eigenvalue weighted by molar-refractivity contribution is 6.05. The summed E-state index contributed by atoms with van der Waals surface area (Å²) in [4.78, 5) is 11.0. The van der Waals surface area contributed by atoms with E-state index >= 15 is 0 Å². The average molecular weight is 369 g/mol. The number of carbonyl (C=O) groups is 1. The van der Waals surface area contributed by atoms with E-state index in [0.717, 1.165) is 19.3 Å². The van der Waals surface area contributed by atoms with Gasteiger partial charge in [-0.25, -0.2) is 10.2 Å². The molecule has 2 bridgehead atoms. The third-order valence-electron chi connectivity index (χ3n) is 6.27. The minimum Gasteiger partial charge on any atom is -0.442 e. The zero-order valence-corrected chi connectivity index (χ0v) is 14.5. The van der Waals surface area contributed by atoms with Crippen LogP contribution in [0.3, 0.4) is 0 Å². The lowest BCUT2D eigenvalue weighted by molar-refractivity contribution is -0.206. The SMILES string of the molecule is CC1(C(F)(F)F)C=C(C2=NNC(=O)OC2)C=CC1N[C@@H]1CC2CCC1C2. The Morgan fingerprint density at radius 3 is 2.73 bits per heavy atom. The van der Waals surface area contributed by atoms with Gasteiger partial charge in [-0.3, -0.25) is 0 Å². The molecule has 26 heavy (non-hydrogen) atoms. The maximum atomic E-state index is 14.0. The molecule has 3 aliphatic carbocycles. The quantitative estimate of drug-likeness (QED) is 0.802. The van der Waals surface area contributed by atoms with Crippen LogP contribution in [0.15, 0.2) is 28.9 Å². The molecule has 2 saturated carbocycles. The number of amides is 1. The lowest BCUT2D eigenvalue weighted by Crippen LogP contribution is -2.55. The van der Waals surface area contributed by atoms with Crippen LogP contribution in [0.1, 0.15) is 32.6 Å². The lowest BCUT2D eigenvalue weighted by Gasteiger charge is -2.41. The smallest absolute Gasteiger partial charge is 0.428 e. The number of nitrogens with one attached hydrogen (secondary N) is 2. The molecule has 1 heterocycles. The molecular formula is C18H22F3N3O2. The summed E-state index contributed by atoms with van der Waals surface area (Å²) >= 11 is 0. The molecule has 0 radical (unpaired) electrons. The van der Waals surface area contributed by atoms with Gasteiger partial charge in [0.05, 0.1) is 0 Å². The van der Waals surface area contributed by atoms with Gasteiger partial charge in [-0.15, -0.1) is 0 Å². The number of cyclic esters (lactones) is 1. The Balaban J connectivity index is 1.58. The van der Waals surface area contributed by atoms with Crippen LogP contribution in [0.2, 0.25) is 0 Å². The van der Waals surface area contributed by atoms with Crippen LogP contribution >= 0.6 is 0 Å². The summed E-state index contributed by atoms with van der Waals surface area (Å²) < 4.78 is 46.8. The van der Waals surface area contributed by atoms with Gasteiger partial charge in [0.15, 0.2) is 0 Å². The Morgan fingerprint density at radius 2 is 2.15 bits per heavy atom. The van der Waals surface area contributed by atoms with E-state index in [1.807, 2.05) is 0 Å². The van der Waals surface area contributed by atoms with Crippen LogP contribution in [-0.2, 0) is 4.74 Å². The molecule has 4 rings (SSSR count). The van der Waals surface area contributed by atoms with Crippen LogP contribution < -0.4 is 10.7 Å². The van der Waals surface area contributed by atoms with E-state index in [1.165, 1.54) is 19.4 Å². The molecule has 1 aliphatic heterocycles. The first-order valence-electron chi connectivity index (χ1n) is 9.00. The first kappa shape index (κ1) is 17.6. The molecule has 142 valence electrons. The van der Waals surface area contributed by atoms with Gasteiger partial charge in [-0.2, -0.15) is 18.3 Å². The maximum Gasteiger partial charge on any atom is 0.428 e. The molecule has 4 aliphatic rings. The number of allylic oxidation sites excluding steroid dienone is 1. The zero-order chi connectivity index (χ0) is 18.5. The summed E-state index contributed by atoms with van der Waals surface area (Å²) in [6.45, 7) is 1.07. The molecule has 0 spiro atoms. The number of rotatable bonds is 3. The fourth-order valence-electron chi connectivity index (χ4n) is 4.67. The second-order valence-electron chi connectivity index (χ2n) is 7.91. The van der Waals surface area contributed by atoms with Gasteiger partial charge in [-0.05, 0) is 43.6 Å². The molecule has 0 saturated heterocycles. The van der Waals surface area contributed by atoms with Crippen molar-refractivity contribution in [3.63, 3.8) is 0 Å². The van der Waals surface area contributed by atoms with Gasteiger partial charge in [0, 0.05) is 12.1 Å². The Bertz CT molecular complexity index is 700. The van der Waals surface area contributed by atoms with Gasteiger partial charge < -0.3 is 10.1 Å². The first-order valence-corrected chi connectivity index (χ1v) is 9.00. The van der Waals surface area contributed by atoms with E-state index in [1.54, 1.807) is 12.2 Å². The van der Waals surface area contributed by atoms with E-state index in [9.17, 15) is 18.0 Å². The lowest BCUT2D eigenvalue weighted by atomic mass is 9.75. The van der Waals surface area contributed by atoms with Gasteiger partial charge in [0.2, 0.25) is 0 Å². The zero-order valence-electron chi connectivity index (χ0n) is 14.5. The highest BCUT2D eigenvalue weighted by atomic mass is 19.4. The first-order chi connectivity index (χ1) is 12.3. The van der Waals surface area contributed by atoms with Crippen LogP contribution in [-0.4, -0.2) is 36.7 Å². The van der Waals surface area contributed by atoms with Crippen molar-refractivity contribution in [2.75, 3.05) is 6.61 Å².